The van der Waals surface area contributed by atoms with Crippen molar-refractivity contribution < 1.29 is 14.0 Å². The van der Waals surface area contributed by atoms with Gasteiger partial charge in [-0.05, 0) is 61.2 Å². The lowest BCUT2D eigenvalue weighted by atomic mass is 9.98. The first kappa shape index (κ1) is 19.7. The van der Waals surface area contributed by atoms with Crippen LogP contribution in [-0.2, 0) is 11.2 Å². The number of rotatable bonds is 5. The fourth-order valence-electron chi connectivity index (χ4n) is 4.13. The minimum atomic E-state index is -1.05. The van der Waals surface area contributed by atoms with Crippen molar-refractivity contribution in [3.05, 3.63) is 94.8 Å². The second-order valence-electron chi connectivity index (χ2n) is 7.34. The van der Waals surface area contributed by atoms with E-state index in [9.17, 15) is 14.0 Å². The molecular weight excluding hydrogens is 383 g/mol. The van der Waals surface area contributed by atoms with Gasteiger partial charge in [0.1, 0.15) is 11.9 Å². The molecule has 1 aromatic carbocycles. The molecule has 0 saturated heterocycles. The lowest BCUT2D eigenvalue weighted by Gasteiger charge is -2.36. The highest BCUT2D eigenvalue weighted by molar-refractivity contribution is 5.98. The van der Waals surface area contributed by atoms with Gasteiger partial charge in [-0.25, -0.2) is 4.39 Å². The third kappa shape index (κ3) is 3.54. The number of carbonyl (C=O) groups excluding carboxylic acids is 2. The topological polar surface area (TPSA) is 89.2 Å². The normalized spacial score (nSPS) is 16.0. The summed E-state index contributed by atoms with van der Waals surface area (Å²) in [5.41, 5.74) is 8.86. The molecule has 3 aromatic rings. The van der Waals surface area contributed by atoms with Crippen molar-refractivity contribution in [1.82, 2.24) is 14.9 Å². The Hall–Kier alpha value is -3.61. The average molecular weight is 404 g/mol. The predicted octanol–water partition coefficient (Wildman–Crippen LogP) is 3.28. The van der Waals surface area contributed by atoms with E-state index in [0.717, 1.165) is 5.56 Å². The zero-order valence-corrected chi connectivity index (χ0v) is 16.5. The number of amides is 2. The highest BCUT2D eigenvalue weighted by Crippen LogP contribution is 2.41. The summed E-state index contributed by atoms with van der Waals surface area (Å²) in [5.74, 6) is -1.44. The maximum atomic E-state index is 14.1. The van der Waals surface area contributed by atoms with E-state index in [4.69, 9.17) is 5.73 Å². The van der Waals surface area contributed by atoms with Crippen molar-refractivity contribution in [2.24, 2.45) is 5.73 Å². The highest BCUT2D eigenvalue weighted by atomic mass is 19.1. The Bertz CT molecular complexity index is 1100. The van der Waals surface area contributed by atoms with E-state index >= 15 is 0 Å². The molecule has 0 radical (unpaired) electrons. The van der Waals surface area contributed by atoms with Crippen LogP contribution >= 0.6 is 0 Å². The van der Waals surface area contributed by atoms with Gasteiger partial charge in [0.15, 0.2) is 0 Å². The number of carbonyl (C=O) groups is 2. The number of hydrogen-bond donors (Lipinski definition) is 1. The molecule has 0 bridgehead atoms. The predicted molar refractivity (Wildman–Crippen MR) is 109 cm³/mol. The largest absolute Gasteiger partial charge is 0.368 e. The van der Waals surface area contributed by atoms with Gasteiger partial charge in [-0.2, -0.15) is 0 Å². The SMILES string of the molecule is Cc1ncccc1C(=O)N([C@@H]1CCc2ccc(F)cc21)[C@@H](C(N)=O)c1cccnc1. The minimum Gasteiger partial charge on any atom is -0.368 e. The van der Waals surface area contributed by atoms with Gasteiger partial charge in [0.2, 0.25) is 5.91 Å². The monoisotopic (exact) mass is 404 g/mol. The number of aryl methyl sites for hydroxylation is 2. The number of hydrogen-bond acceptors (Lipinski definition) is 4. The summed E-state index contributed by atoms with van der Waals surface area (Å²) in [6, 6.07) is 9.75. The molecule has 30 heavy (non-hydrogen) atoms. The van der Waals surface area contributed by atoms with Crippen LogP contribution in [0.2, 0.25) is 0 Å². The fraction of sp³-hybridized carbons (Fsp3) is 0.217. The van der Waals surface area contributed by atoms with Crippen LogP contribution in [-0.4, -0.2) is 26.7 Å². The van der Waals surface area contributed by atoms with Crippen LogP contribution in [0.25, 0.3) is 0 Å². The van der Waals surface area contributed by atoms with Gasteiger partial charge in [0, 0.05) is 29.8 Å². The van der Waals surface area contributed by atoms with Crippen molar-refractivity contribution in [3.63, 3.8) is 0 Å². The molecule has 6 nitrogen and oxygen atoms in total. The van der Waals surface area contributed by atoms with E-state index in [1.165, 1.54) is 23.2 Å². The lowest BCUT2D eigenvalue weighted by Crippen LogP contribution is -2.43. The summed E-state index contributed by atoms with van der Waals surface area (Å²) in [4.78, 5) is 36.1. The van der Waals surface area contributed by atoms with Crippen molar-refractivity contribution in [1.29, 1.82) is 0 Å². The summed E-state index contributed by atoms with van der Waals surface area (Å²) in [6.07, 6.45) is 5.94. The molecule has 2 heterocycles. The van der Waals surface area contributed by atoms with E-state index in [1.54, 1.807) is 49.6 Å². The number of halogens is 1. The van der Waals surface area contributed by atoms with Crippen LogP contribution in [0.15, 0.2) is 61.1 Å². The van der Waals surface area contributed by atoms with Gasteiger partial charge in [0.05, 0.1) is 11.6 Å². The highest BCUT2D eigenvalue weighted by Gasteiger charge is 2.40. The summed E-state index contributed by atoms with van der Waals surface area (Å²) < 4.78 is 14.1. The molecule has 2 aromatic heterocycles. The quantitative estimate of drug-likeness (QED) is 0.707. The molecule has 2 amide bonds. The standard InChI is InChI=1S/C23H21FN4O2/c1-14-18(5-3-11-27-14)23(30)28(21(22(25)29)16-4-2-10-26-13-16)20-9-7-15-6-8-17(24)12-19(15)20/h2-6,8,10-13,20-21H,7,9H2,1H3,(H2,25,29)/t20-,21-/m1/s1. The number of fused-ring (bicyclic) bond motifs is 1. The van der Waals surface area contributed by atoms with E-state index in [2.05, 4.69) is 9.97 Å². The maximum absolute atomic E-state index is 14.1. The first-order chi connectivity index (χ1) is 14.5. The second kappa shape index (κ2) is 8.02. The summed E-state index contributed by atoms with van der Waals surface area (Å²) in [7, 11) is 0. The number of nitrogens with two attached hydrogens (primary N) is 1. The minimum absolute atomic E-state index is 0.373. The van der Waals surface area contributed by atoms with E-state index in [1.807, 2.05) is 0 Å². The number of primary amides is 1. The molecule has 0 unspecified atom stereocenters. The van der Waals surface area contributed by atoms with Crippen molar-refractivity contribution >= 4 is 11.8 Å². The van der Waals surface area contributed by atoms with Gasteiger partial charge in [-0.15, -0.1) is 0 Å². The smallest absolute Gasteiger partial charge is 0.257 e. The molecule has 0 aliphatic heterocycles. The molecule has 2 atom stereocenters. The van der Waals surface area contributed by atoms with Crippen LogP contribution in [0.4, 0.5) is 4.39 Å². The van der Waals surface area contributed by atoms with Gasteiger partial charge >= 0.3 is 0 Å². The number of pyridine rings is 2. The number of benzene rings is 1. The first-order valence-electron chi connectivity index (χ1n) is 9.69. The Labute approximate surface area is 173 Å². The molecule has 1 aliphatic rings. The zero-order valence-electron chi connectivity index (χ0n) is 16.5. The zero-order chi connectivity index (χ0) is 21.3. The summed E-state index contributed by atoms with van der Waals surface area (Å²) >= 11 is 0. The second-order valence-corrected chi connectivity index (χ2v) is 7.34. The van der Waals surface area contributed by atoms with Gasteiger partial charge in [0.25, 0.3) is 5.91 Å². The fourth-order valence-corrected chi connectivity index (χ4v) is 4.13. The van der Waals surface area contributed by atoms with Crippen molar-refractivity contribution in [3.8, 4) is 0 Å². The third-order valence-corrected chi connectivity index (χ3v) is 5.51. The molecule has 0 fully saturated rings. The lowest BCUT2D eigenvalue weighted by molar-refractivity contribution is -0.123. The number of nitrogens with zero attached hydrogens (tertiary/aromatic N) is 3. The van der Waals surface area contributed by atoms with Crippen molar-refractivity contribution in [2.75, 3.05) is 0 Å². The van der Waals surface area contributed by atoms with Crippen LogP contribution in [0.1, 0.15) is 51.2 Å². The number of aromatic nitrogens is 2. The van der Waals surface area contributed by atoms with Crippen molar-refractivity contribution in [2.45, 2.75) is 31.8 Å². The van der Waals surface area contributed by atoms with Gasteiger partial charge in [-0.1, -0.05) is 12.1 Å². The molecule has 0 spiro atoms. The molecule has 7 heteroatoms. The van der Waals surface area contributed by atoms with E-state index in [-0.39, 0.29) is 11.7 Å². The first-order valence-corrected chi connectivity index (χ1v) is 9.69. The van der Waals surface area contributed by atoms with Gasteiger partial charge < -0.3 is 10.6 Å². The molecule has 4 rings (SSSR count). The Morgan fingerprint density at radius 3 is 2.70 bits per heavy atom. The summed E-state index contributed by atoms with van der Waals surface area (Å²) in [5, 5.41) is 0. The van der Waals surface area contributed by atoms with Crippen LogP contribution < -0.4 is 5.73 Å². The molecule has 152 valence electrons. The Kier molecular flexibility index (Phi) is 5.27. The molecular formula is C23H21FN4O2. The third-order valence-electron chi connectivity index (χ3n) is 5.51. The Balaban J connectivity index is 1.88. The van der Waals surface area contributed by atoms with E-state index < -0.39 is 18.0 Å². The molecule has 1 aliphatic carbocycles. The average Bonchev–Trinajstić information content (AvgIpc) is 3.14. The summed E-state index contributed by atoms with van der Waals surface area (Å²) in [6.45, 7) is 1.73. The van der Waals surface area contributed by atoms with Crippen LogP contribution in [0, 0.1) is 12.7 Å². The Morgan fingerprint density at radius 1 is 1.20 bits per heavy atom. The maximum Gasteiger partial charge on any atom is 0.257 e. The van der Waals surface area contributed by atoms with Crippen LogP contribution in [0.3, 0.4) is 0 Å². The van der Waals surface area contributed by atoms with Gasteiger partial charge in [-0.3, -0.25) is 19.6 Å². The van der Waals surface area contributed by atoms with Crippen LogP contribution in [0.5, 0.6) is 0 Å². The molecule has 0 saturated carbocycles. The van der Waals surface area contributed by atoms with E-state index in [0.29, 0.717) is 35.2 Å². The Morgan fingerprint density at radius 2 is 2.00 bits per heavy atom. The molecule has 2 N–H and O–H groups in total.